The third-order valence-electron chi connectivity index (χ3n) is 2.49. The van der Waals surface area contributed by atoms with Gasteiger partial charge in [0.15, 0.2) is 0 Å². The van der Waals surface area contributed by atoms with E-state index in [1.54, 1.807) is 0 Å². The van der Waals surface area contributed by atoms with Crippen molar-refractivity contribution < 1.29 is 9.53 Å². The van der Waals surface area contributed by atoms with E-state index in [4.69, 9.17) is 4.74 Å². The molecule has 0 fully saturated rings. The first-order chi connectivity index (χ1) is 7.47. The Morgan fingerprint density at radius 2 is 2.25 bits per heavy atom. The van der Waals surface area contributed by atoms with Crippen LogP contribution in [0, 0.1) is 0 Å². The molecule has 3 nitrogen and oxygen atoms in total. The molecule has 1 aromatic carbocycles. The number of nitrogens with one attached hydrogen (secondary N) is 1. The van der Waals surface area contributed by atoms with Gasteiger partial charge in [0.2, 0.25) is 5.91 Å². The van der Waals surface area contributed by atoms with Crippen molar-refractivity contribution in [3.8, 4) is 5.75 Å². The average molecular weight is 284 g/mol. The number of carbonyl (C=O) groups is 1. The number of fused-ring (bicyclic) bond motifs is 1. The van der Waals surface area contributed by atoms with Gasteiger partial charge in [-0.15, -0.1) is 0 Å². The maximum Gasteiger partial charge on any atom is 0.240 e. The summed E-state index contributed by atoms with van der Waals surface area (Å²) in [6, 6.07) is 5.74. The normalized spacial score (nSPS) is 14.2. The number of hydrogen-bond acceptors (Lipinski definition) is 2. The number of hydrogen-bond donors (Lipinski definition) is 1. The summed E-state index contributed by atoms with van der Waals surface area (Å²) in [5.41, 5.74) is 1.98. The van der Waals surface area contributed by atoms with Gasteiger partial charge in [-0.1, -0.05) is 15.9 Å². The zero-order valence-corrected chi connectivity index (χ0v) is 10.9. The summed E-state index contributed by atoms with van der Waals surface area (Å²) in [7, 11) is 0. The van der Waals surface area contributed by atoms with Crippen LogP contribution in [0.15, 0.2) is 18.2 Å². The van der Waals surface area contributed by atoms with E-state index in [-0.39, 0.29) is 5.91 Å². The highest BCUT2D eigenvalue weighted by Gasteiger charge is 2.24. The molecule has 1 aliphatic heterocycles. The largest absolute Gasteiger partial charge is 0.493 e. The van der Waals surface area contributed by atoms with Crippen LogP contribution >= 0.6 is 15.9 Å². The molecule has 0 bridgehead atoms. The number of amides is 1. The Bertz CT molecular complexity index is 424. The van der Waals surface area contributed by atoms with Crippen molar-refractivity contribution >= 4 is 27.5 Å². The molecule has 1 aromatic rings. The van der Waals surface area contributed by atoms with Crippen LogP contribution in [0.5, 0.6) is 5.75 Å². The van der Waals surface area contributed by atoms with Crippen LogP contribution in [-0.2, 0) is 11.2 Å². The molecule has 2 rings (SSSR count). The van der Waals surface area contributed by atoms with Crippen molar-refractivity contribution in [3.05, 3.63) is 23.8 Å². The summed E-state index contributed by atoms with van der Waals surface area (Å²) in [6.07, 6.45) is 0.913. The van der Waals surface area contributed by atoms with Gasteiger partial charge < -0.3 is 10.1 Å². The monoisotopic (exact) mass is 283 g/mol. The summed E-state index contributed by atoms with van der Waals surface area (Å²) < 4.78 is 4.85. The highest BCUT2D eigenvalue weighted by molar-refractivity contribution is 9.10. The number of anilines is 1. The van der Waals surface area contributed by atoms with Crippen LogP contribution < -0.4 is 10.1 Å². The van der Waals surface area contributed by atoms with Gasteiger partial charge >= 0.3 is 0 Å². The van der Waals surface area contributed by atoms with Crippen molar-refractivity contribution in [1.82, 2.24) is 0 Å². The Hall–Kier alpha value is -1.03. The third kappa shape index (κ3) is 2.38. The van der Waals surface area contributed by atoms with Crippen molar-refractivity contribution in [2.45, 2.75) is 24.6 Å². The topological polar surface area (TPSA) is 38.3 Å². The molecular formula is C12H14BrNO2. The predicted molar refractivity (Wildman–Crippen MR) is 67.3 cm³/mol. The van der Waals surface area contributed by atoms with E-state index in [9.17, 15) is 4.79 Å². The summed E-state index contributed by atoms with van der Waals surface area (Å²) >= 11 is 3.33. The van der Waals surface area contributed by atoms with Crippen molar-refractivity contribution in [2.24, 2.45) is 0 Å². The van der Waals surface area contributed by atoms with Crippen molar-refractivity contribution in [2.75, 3.05) is 11.9 Å². The van der Waals surface area contributed by atoms with E-state index in [0.29, 0.717) is 0 Å². The first-order valence-corrected chi connectivity index (χ1v) is 6.02. The molecule has 0 radical (unpaired) electrons. The number of rotatable bonds is 2. The molecule has 0 saturated heterocycles. The highest BCUT2D eigenvalue weighted by atomic mass is 79.9. The zero-order valence-electron chi connectivity index (χ0n) is 9.34. The first kappa shape index (κ1) is 11.5. The van der Waals surface area contributed by atoms with E-state index in [0.717, 1.165) is 30.0 Å². The minimum Gasteiger partial charge on any atom is -0.493 e. The zero-order chi connectivity index (χ0) is 11.8. The molecular weight excluding hydrogens is 270 g/mol. The van der Waals surface area contributed by atoms with Crippen LogP contribution in [0.3, 0.4) is 0 Å². The summed E-state index contributed by atoms with van der Waals surface area (Å²) in [5, 5.41) is 2.87. The molecule has 1 N–H and O–H groups in total. The quantitative estimate of drug-likeness (QED) is 0.848. The van der Waals surface area contributed by atoms with Gasteiger partial charge in [-0.05, 0) is 37.6 Å². The summed E-state index contributed by atoms with van der Waals surface area (Å²) in [4.78, 5) is 11.7. The minimum absolute atomic E-state index is 0.0497. The van der Waals surface area contributed by atoms with Gasteiger partial charge in [0.05, 0.1) is 10.9 Å². The second-order valence-electron chi connectivity index (χ2n) is 4.35. The van der Waals surface area contributed by atoms with Crippen molar-refractivity contribution in [1.29, 1.82) is 0 Å². The van der Waals surface area contributed by atoms with E-state index < -0.39 is 4.32 Å². The fraction of sp³-hybridized carbons (Fsp3) is 0.417. The molecule has 0 atom stereocenters. The molecule has 0 unspecified atom stereocenters. The van der Waals surface area contributed by atoms with Gasteiger partial charge in [0.25, 0.3) is 0 Å². The fourth-order valence-corrected chi connectivity index (χ4v) is 1.64. The standard InChI is InChI=1S/C12H14BrNO2/c1-12(2,13)11(15)14-9-3-4-10-8(7-9)5-6-16-10/h3-4,7H,5-6H2,1-2H3,(H,14,15). The smallest absolute Gasteiger partial charge is 0.240 e. The van der Waals surface area contributed by atoms with Crippen LogP contribution in [-0.4, -0.2) is 16.8 Å². The van der Waals surface area contributed by atoms with Gasteiger partial charge in [-0.25, -0.2) is 0 Å². The molecule has 4 heteroatoms. The number of carbonyl (C=O) groups excluding carboxylic acids is 1. The molecule has 1 amide bonds. The predicted octanol–water partition coefficient (Wildman–Crippen LogP) is 2.73. The minimum atomic E-state index is -0.553. The van der Waals surface area contributed by atoms with E-state index in [1.807, 2.05) is 32.0 Å². The second kappa shape index (κ2) is 4.09. The summed E-state index contributed by atoms with van der Waals surface area (Å²) in [5.74, 6) is 0.877. The summed E-state index contributed by atoms with van der Waals surface area (Å²) in [6.45, 7) is 4.37. The molecule has 86 valence electrons. The average Bonchev–Trinajstić information content (AvgIpc) is 2.63. The van der Waals surface area contributed by atoms with Crippen LogP contribution in [0.4, 0.5) is 5.69 Å². The van der Waals surface area contributed by atoms with E-state index in [2.05, 4.69) is 21.2 Å². The Labute approximate surface area is 103 Å². The molecule has 16 heavy (non-hydrogen) atoms. The SMILES string of the molecule is CC(C)(Br)C(=O)Nc1ccc2c(c1)CCO2. The van der Waals surface area contributed by atoms with Gasteiger partial charge in [-0.3, -0.25) is 4.79 Å². The van der Waals surface area contributed by atoms with Crippen LogP contribution in [0.25, 0.3) is 0 Å². The van der Waals surface area contributed by atoms with Gasteiger partial charge in [-0.2, -0.15) is 0 Å². The lowest BCUT2D eigenvalue weighted by Crippen LogP contribution is -2.30. The van der Waals surface area contributed by atoms with Crippen molar-refractivity contribution in [3.63, 3.8) is 0 Å². The fourth-order valence-electron chi connectivity index (χ4n) is 1.54. The number of benzene rings is 1. The molecule has 1 aliphatic rings. The maximum absolute atomic E-state index is 11.7. The lowest BCUT2D eigenvalue weighted by atomic mass is 10.1. The van der Waals surface area contributed by atoms with Gasteiger partial charge in [0, 0.05) is 12.1 Å². The number of alkyl halides is 1. The lowest BCUT2D eigenvalue weighted by molar-refractivity contribution is -0.117. The van der Waals surface area contributed by atoms with Crippen LogP contribution in [0.2, 0.25) is 0 Å². The first-order valence-electron chi connectivity index (χ1n) is 5.23. The molecule has 0 saturated carbocycles. The Balaban J connectivity index is 2.14. The molecule has 0 spiro atoms. The van der Waals surface area contributed by atoms with Crippen LogP contribution in [0.1, 0.15) is 19.4 Å². The number of ether oxygens (including phenoxy) is 1. The van der Waals surface area contributed by atoms with Gasteiger partial charge in [0.1, 0.15) is 5.75 Å². The second-order valence-corrected chi connectivity index (χ2v) is 6.33. The molecule has 0 aromatic heterocycles. The third-order valence-corrected chi connectivity index (χ3v) is 2.85. The Kier molecular flexibility index (Phi) is 2.93. The Morgan fingerprint density at radius 1 is 1.50 bits per heavy atom. The highest BCUT2D eigenvalue weighted by Crippen LogP contribution is 2.28. The lowest BCUT2D eigenvalue weighted by Gasteiger charge is -2.16. The Morgan fingerprint density at radius 3 is 2.94 bits per heavy atom. The maximum atomic E-state index is 11.7. The number of halogens is 1. The molecule has 1 heterocycles. The van der Waals surface area contributed by atoms with E-state index in [1.165, 1.54) is 0 Å². The van der Waals surface area contributed by atoms with E-state index >= 15 is 0 Å². The molecule has 0 aliphatic carbocycles.